The average molecular weight is 387 g/mol. The average Bonchev–Trinajstić information content (AvgIpc) is 3.09. The molecule has 1 aliphatic heterocycles. The Hall–Kier alpha value is -2.21. The highest BCUT2D eigenvalue weighted by molar-refractivity contribution is 7.13. The van der Waals surface area contributed by atoms with E-state index in [1.807, 2.05) is 19.1 Å². The standard InChI is InChI=1S/C21H27FN4S/c1-7-13-10-12(2)16(22)14(11-13)17-18(27-19(26-17)21(3,4)5)15-8-9-24-20(23-6)25-15/h8,10-11H,7,9H2,1-6H3,(H2,23,24,25). The number of benzene rings is 1. The van der Waals surface area contributed by atoms with Gasteiger partial charge in [-0.25, -0.2) is 9.37 Å². The van der Waals surface area contributed by atoms with Gasteiger partial charge in [-0.2, -0.15) is 0 Å². The van der Waals surface area contributed by atoms with E-state index in [0.717, 1.165) is 27.6 Å². The van der Waals surface area contributed by atoms with E-state index in [2.05, 4.69) is 49.4 Å². The summed E-state index contributed by atoms with van der Waals surface area (Å²) < 4.78 is 15.1. The first-order valence-electron chi connectivity index (χ1n) is 9.23. The molecule has 0 saturated heterocycles. The lowest BCUT2D eigenvalue weighted by atomic mass is 9.97. The van der Waals surface area contributed by atoms with Gasteiger partial charge in [-0.15, -0.1) is 11.3 Å². The van der Waals surface area contributed by atoms with Crippen LogP contribution in [0.5, 0.6) is 0 Å². The number of hydrogen-bond donors (Lipinski definition) is 2. The zero-order valence-corrected chi connectivity index (χ0v) is 17.6. The van der Waals surface area contributed by atoms with Gasteiger partial charge in [0, 0.05) is 24.6 Å². The molecule has 2 N–H and O–H groups in total. The third-order valence-corrected chi connectivity index (χ3v) is 6.06. The highest BCUT2D eigenvalue weighted by Crippen LogP contribution is 2.39. The van der Waals surface area contributed by atoms with Gasteiger partial charge in [-0.1, -0.05) is 33.8 Å². The second kappa shape index (κ2) is 7.43. The van der Waals surface area contributed by atoms with Crippen molar-refractivity contribution in [3.63, 3.8) is 0 Å². The predicted octanol–water partition coefficient (Wildman–Crippen LogP) is 4.64. The van der Waals surface area contributed by atoms with Crippen molar-refractivity contribution in [2.24, 2.45) is 4.99 Å². The molecule has 6 heteroatoms. The normalized spacial score (nSPS) is 16.1. The van der Waals surface area contributed by atoms with Crippen LogP contribution in [0.2, 0.25) is 0 Å². The maximum Gasteiger partial charge on any atom is 0.195 e. The molecule has 0 fully saturated rings. The van der Waals surface area contributed by atoms with Gasteiger partial charge < -0.3 is 10.6 Å². The second-order valence-corrected chi connectivity index (χ2v) is 8.77. The number of rotatable bonds is 3. The van der Waals surface area contributed by atoms with E-state index >= 15 is 4.39 Å². The lowest BCUT2D eigenvalue weighted by Gasteiger charge is -2.19. The number of aryl methyl sites for hydroxylation is 2. The van der Waals surface area contributed by atoms with Crippen LogP contribution in [0.3, 0.4) is 0 Å². The van der Waals surface area contributed by atoms with Crippen LogP contribution in [0.15, 0.2) is 23.2 Å². The summed E-state index contributed by atoms with van der Waals surface area (Å²) >= 11 is 1.62. The van der Waals surface area contributed by atoms with Gasteiger partial charge in [0.2, 0.25) is 0 Å². The van der Waals surface area contributed by atoms with Crippen LogP contribution in [0.4, 0.5) is 4.39 Å². The van der Waals surface area contributed by atoms with Gasteiger partial charge in [0.15, 0.2) is 5.96 Å². The van der Waals surface area contributed by atoms with Crippen molar-refractivity contribution >= 4 is 23.0 Å². The third-order valence-electron chi connectivity index (χ3n) is 4.54. The Balaban J connectivity index is 2.22. The molecule has 0 aliphatic carbocycles. The molecule has 1 aromatic heterocycles. The Kier molecular flexibility index (Phi) is 5.38. The van der Waals surface area contributed by atoms with Crippen molar-refractivity contribution in [2.75, 3.05) is 13.6 Å². The molecule has 0 amide bonds. The minimum absolute atomic E-state index is 0.110. The van der Waals surface area contributed by atoms with E-state index in [1.165, 1.54) is 0 Å². The molecule has 0 spiro atoms. The molecule has 0 atom stereocenters. The molecule has 3 rings (SSSR count). The predicted molar refractivity (Wildman–Crippen MR) is 113 cm³/mol. The highest BCUT2D eigenvalue weighted by atomic mass is 32.1. The smallest absolute Gasteiger partial charge is 0.195 e. The number of halogens is 1. The van der Waals surface area contributed by atoms with E-state index in [4.69, 9.17) is 4.98 Å². The zero-order chi connectivity index (χ0) is 19.8. The number of thiazole rings is 1. The molecule has 1 aliphatic rings. The Bertz CT molecular complexity index is 919. The first-order chi connectivity index (χ1) is 12.7. The maximum atomic E-state index is 15.1. The molecule has 2 heterocycles. The minimum atomic E-state index is -0.196. The lowest BCUT2D eigenvalue weighted by Crippen LogP contribution is -2.40. The number of hydrogen-bond acceptors (Lipinski definition) is 3. The third kappa shape index (κ3) is 3.90. The number of guanidine groups is 1. The molecule has 4 nitrogen and oxygen atoms in total. The number of nitrogens with one attached hydrogen (secondary N) is 2. The van der Waals surface area contributed by atoms with Crippen LogP contribution in [0.25, 0.3) is 17.0 Å². The summed E-state index contributed by atoms with van der Waals surface area (Å²) in [5, 5.41) is 7.47. The van der Waals surface area contributed by atoms with Crippen LogP contribution >= 0.6 is 11.3 Å². The summed E-state index contributed by atoms with van der Waals surface area (Å²) in [6.07, 6.45) is 2.92. The van der Waals surface area contributed by atoms with Crippen molar-refractivity contribution in [3.05, 3.63) is 45.0 Å². The van der Waals surface area contributed by atoms with Crippen LogP contribution in [-0.4, -0.2) is 24.5 Å². The molecule has 1 aromatic carbocycles. The van der Waals surface area contributed by atoms with E-state index in [9.17, 15) is 0 Å². The highest BCUT2D eigenvalue weighted by Gasteiger charge is 2.27. The van der Waals surface area contributed by atoms with Gasteiger partial charge in [0.05, 0.1) is 21.3 Å². The molecular weight excluding hydrogens is 359 g/mol. The molecule has 0 bridgehead atoms. The van der Waals surface area contributed by atoms with Crippen LogP contribution in [0, 0.1) is 12.7 Å². The first-order valence-corrected chi connectivity index (χ1v) is 10.0. The van der Waals surface area contributed by atoms with Crippen molar-refractivity contribution < 1.29 is 4.39 Å². The van der Waals surface area contributed by atoms with Crippen molar-refractivity contribution in [1.29, 1.82) is 0 Å². The molecular formula is C21H27FN4S. The van der Waals surface area contributed by atoms with Gasteiger partial charge in [-0.3, -0.25) is 4.99 Å². The fourth-order valence-electron chi connectivity index (χ4n) is 2.98. The summed E-state index contributed by atoms with van der Waals surface area (Å²) in [5.74, 6) is 0.515. The fourth-order valence-corrected chi connectivity index (χ4v) is 4.12. The second-order valence-electron chi connectivity index (χ2n) is 7.77. The summed E-state index contributed by atoms with van der Waals surface area (Å²) in [7, 11) is 1.74. The number of aromatic nitrogens is 1. The Morgan fingerprint density at radius 1 is 1.30 bits per heavy atom. The molecule has 0 radical (unpaired) electrons. The lowest BCUT2D eigenvalue weighted by molar-refractivity contribution is 0.585. The molecule has 0 saturated carbocycles. The molecule has 2 aromatic rings. The van der Waals surface area contributed by atoms with Crippen LogP contribution < -0.4 is 10.6 Å². The van der Waals surface area contributed by atoms with Gasteiger partial charge in [-0.05, 0) is 36.6 Å². The molecule has 27 heavy (non-hydrogen) atoms. The van der Waals surface area contributed by atoms with E-state index in [-0.39, 0.29) is 11.2 Å². The van der Waals surface area contributed by atoms with Crippen molar-refractivity contribution in [2.45, 2.75) is 46.5 Å². The summed E-state index contributed by atoms with van der Waals surface area (Å²) in [6.45, 7) is 11.0. The number of nitrogens with zero attached hydrogens (tertiary/aromatic N) is 2. The van der Waals surface area contributed by atoms with Crippen LogP contribution in [0.1, 0.15) is 48.7 Å². The van der Waals surface area contributed by atoms with Crippen molar-refractivity contribution in [3.8, 4) is 11.3 Å². The van der Waals surface area contributed by atoms with E-state index in [0.29, 0.717) is 29.3 Å². The van der Waals surface area contributed by atoms with Gasteiger partial charge in [0.1, 0.15) is 5.82 Å². The SMILES string of the molecule is CCc1cc(C)c(F)c(-c2nc(C(C)(C)C)sc2C2=CCNC(=NC)N2)c1. The molecule has 144 valence electrons. The Morgan fingerprint density at radius 3 is 2.67 bits per heavy atom. The zero-order valence-electron chi connectivity index (χ0n) is 16.8. The summed E-state index contributed by atoms with van der Waals surface area (Å²) in [5.41, 5.74) is 3.87. The maximum absolute atomic E-state index is 15.1. The topological polar surface area (TPSA) is 49.3 Å². The van der Waals surface area contributed by atoms with E-state index < -0.39 is 0 Å². The summed E-state index contributed by atoms with van der Waals surface area (Å²) in [6, 6.07) is 3.85. The monoisotopic (exact) mass is 386 g/mol. The Labute approximate surface area is 164 Å². The van der Waals surface area contributed by atoms with E-state index in [1.54, 1.807) is 18.4 Å². The quantitative estimate of drug-likeness (QED) is 0.808. The summed E-state index contributed by atoms with van der Waals surface area (Å²) in [4.78, 5) is 10.0. The first kappa shape index (κ1) is 19.5. The largest absolute Gasteiger partial charge is 0.353 e. The number of aliphatic imine (C=N–C) groups is 1. The van der Waals surface area contributed by atoms with Gasteiger partial charge >= 0.3 is 0 Å². The fraction of sp³-hybridized carbons (Fsp3) is 0.429. The molecule has 0 unspecified atom stereocenters. The van der Waals surface area contributed by atoms with Crippen molar-refractivity contribution in [1.82, 2.24) is 15.6 Å². The minimum Gasteiger partial charge on any atom is -0.353 e. The van der Waals surface area contributed by atoms with Crippen LogP contribution in [-0.2, 0) is 11.8 Å². The van der Waals surface area contributed by atoms with Gasteiger partial charge in [0.25, 0.3) is 0 Å². The Morgan fingerprint density at radius 2 is 2.04 bits per heavy atom.